The third-order valence-electron chi connectivity index (χ3n) is 1.55. The van der Waals surface area contributed by atoms with Crippen LogP contribution in [-0.4, -0.2) is 36.7 Å². The minimum atomic E-state index is 0.0692. The van der Waals surface area contributed by atoms with E-state index in [1.807, 2.05) is 0 Å². The van der Waals surface area contributed by atoms with Crippen LogP contribution >= 0.6 is 0 Å². The van der Waals surface area contributed by atoms with Crippen LogP contribution in [0.5, 0.6) is 0 Å². The molecule has 5 nitrogen and oxygen atoms in total. The third-order valence-corrected chi connectivity index (χ3v) is 1.55. The molecule has 0 aromatic carbocycles. The largest absolute Gasteiger partial charge is 0.394 e. The van der Waals surface area contributed by atoms with E-state index in [4.69, 9.17) is 14.6 Å². The average molecular weight is 201 g/mol. The van der Waals surface area contributed by atoms with Crippen molar-refractivity contribution in [3.05, 3.63) is 18.0 Å². The number of hydrogen-bond donors (Lipinski definition) is 1. The van der Waals surface area contributed by atoms with Gasteiger partial charge in [-0.3, -0.25) is 0 Å². The van der Waals surface area contributed by atoms with E-state index in [1.165, 1.54) is 6.26 Å². The summed E-state index contributed by atoms with van der Waals surface area (Å²) in [4.78, 5) is 0. The zero-order chi connectivity index (χ0) is 10.1. The highest BCUT2D eigenvalue weighted by Gasteiger charge is 1.95. The highest BCUT2D eigenvalue weighted by Crippen LogP contribution is 1.97. The topological polar surface area (TPSA) is 64.7 Å². The van der Waals surface area contributed by atoms with Gasteiger partial charge in [0.05, 0.1) is 19.8 Å². The molecule has 0 aliphatic heterocycles. The monoisotopic (exact) mass is 201 g/mol. The molecule has 0 saturated heterocycles. The molecular formula is C9H15NO4. The maximum atomic E-state index is 8.42. The summed E-state index contributed by atoms with van der Waals surface area (Å²) in [6.07, 6.45) is 2.33. The van der Waals surface area contributed by atoms with Gasteiger partial charge in [-0.15, -0.1) is 0 Å². The standard InChI is InChI=1S/C9H15NO4/c11-3-7-12-4-1-5-13-8-9-2-6-14-10-9/h2,6,11H,1,3-5,7-8H2. The van der Waals surface area contributed by atoms with Crippen LogP contribution in [0.1, 0.15) is 12.1 Å². The van der Waals surface area contributed by atoms with Gasteiger partial charge in [0.15, 0.2) is 0 Å². The minimum absolute atomic E-state index is 0.0692. The molecule has 80 valence electrons. The van der Waals surface area contributed by atoms with Gasteiger partial charge in [-0.05, 0) is 6.42 Å². The number of ether oxygens (including phenoxy) is 2. The Kier molecular flexibility index (Phi) is 5.97. The number of aliphatic hydroxyl groups excluding tert-OH is 1. The van der Waals surface area contributed by atoms with Crippen molar-refractivity contribution in [1.29, 1.82) is 0 Å². The molecule has 14 heavy (non-hydrogen) atoms. The summed E-state index contributed by atoms with van der Waals surface area (Å²) < 4.78 is 15.0. The van der Waals surface area contributed by atoms with E-state index in [0.29, 0.717) is 26.4 Å². The molecule has 0 bridgehead atoms. The zero-order valence-electron chi connectivity index (χ0n) is 8.02. The fourth-order valence-electron chi connectivity index (χ4n) is 0.918. The van der Waals surface area contributed by atoms with E-state index in [0.717, 1.165) is 12.1 Å². The molecule has 0 atom stereocenters. The maximum absolute atomic E-state index is 8.42. The summed E-state index contributed by atoms with van der Waals surface area (Å²) in [5, 5.41) is 12.1. The first kappa shape index (κ1) is 11.2. The van der Waals surface area contributed by atoms with E-state index in [2.05, 4.69) is 9.68 Å². The van der Waals surface area contributed by atoms with E-state index in [1.54, 1.807) is 6.07 Å². The molecule has 1 aromatic rings. The molecule has 0 aliphatic carbocycles. The van der Waals surface area contributed by atoms with Crippen molar-refractivity contribution < 1.29 is 19.1 Å². The van der Waals surface area contributed by atoms with Crippen LogP contribution in [0.25, 0.3) is 0 Å². The van der Waals surface area contributed by atoms with E-state index < -0.39 is 0 Å². The molecular weight excluding hydrogens is 186 g/mol. The second-order valence-corrected chi connectivity index (χ2v) is 2.73. The summed E-state index contributed by atoms with van der Waals surface area (Å²) in [6, 6.07) is 1.77. The van der Waals surface area contributed by atoms with Gasteiger partial charge in [0.1, 0.15) is 12.0 Å². The zero-order valence-corrected chi connectivity index (χ0v) is 8.02. The fourth-order valence-corrected chi connectivity index (χ4v) is 0.918. The third kappa shape index (κ3) is 4.96. The summed E-state index contributed by atoms with van der Waals surface area (Å²) in [7, 11) is 0. The molecule has 1 N–H and O–H groups in total. The second kappa shape index (κ2) is 7.49. The van der Waals surface area contributed by atoms with Crippen molar-refractivity contribution in [2.24, 2.45) is 0 Å². The van der Waals surface area contributed by atoms with Gasteiger partial charge >= 0.3 is 0 Å². The Bertz CT molecular complexity index is 213. The van der Waals surface area contributed by atoms with Gasteiger partial charge in [0.25, 0.3) is 0 Å². The lowest BCUT2D eigenvalue weighted by molar-refractivity contribution is 0.0581. The van der Waals surface area contributed by atoms with E-state index in [-0.39, 0.29) is 6.61 Å². The first-order chi connectivity index (χ1) is 6.93. The smallest absolute Gasteiger partial charge is 0.124 e. The lowest BCUT2D eigenvalue weighted by Crippen LogP contribution is -2.04. The molecule has 0 saturated carbocycles. The van der Waals surface area contributed by atoms with Crippen LogP contribution in [-0.2, 0) is 16.1 Å². The van der Waals surface area contributed by atoms with Gasteiger partial charge in [0.2, 0.25) is 0 Å². The fraction of sp³-hybridized carbons (Fsp3) is 0.667. The Balaban J connectivity index is 1.85. The highest BCUT2D eigenvalue weighted by molar-refractivity contribution is 4.92. The van der Waals surface area contributed by atoms with Crippen molar-refractivity contribution in [1.82, 2.24) is 5.16 Å². The van der Waals surface area contributed by atoms with Gasteiger partial charge in [0, 0.05) is 19.3 Å². The van der Waals surface area contributed by atoms with Crippen molar-refractivity contribution in [2.45, 2.75) is 13.0 Å². The van der Waals surface area contributed by atoms with E-state index >= 15 is 0 Å². The van der Waals surface area contributed by atoms with Gasteiger partial charge in [-0.1, -0.05) is 5.16 Å². The van der Waals surface area contributed by atoms with Crippen LogP contribution in [0.3, 0.4) is 0 Å². The van der Waals surface area contributed by atoms with Gasteiger partial charge < -0.3 is 19.1 Å². The van der Waals surface area contributed by atoms with E-state index in [9.17, 15) is 0 Å². The normalized spacial score (nSPS) is 10.6. The molecule has 0 aliphatic rings. The lowest BCUT2D eigenvalue weighted by Gasteiger charge is -2.02. The van der Waals surface area contributed by atoms with Gasteiger partial charge in [-0.25, -0.2) is 0 Å². The molecule has 1 rings (SSSR count). The van der Waals surface area contributed by atoms with Crippen LogP contribution in [0, 0.1) is 0 Å². The predicted octanol–water partition coefficient (Wildman–Crippen LogP) is 0.590. The van der Waals surface area contributed by atoms with Crippen molar-refractivity contribution >= 4 is 0 Å². The quantitative estimate of drug-likeness (QED) is 0.623. The first-order valence-electron chi connectivity index (χ1n) is 4.59. The Morgan fingerprint density at radius 3 is 2.86 bits per heavy atom. The SMILES string of the molecule is OCCOCCCOCc1ccon1. The molecule has 0 fully saturated rings. The first-order valence-corrected chi connectivity index (χ1v) is 4.59. The minimum Gasteiger partial charge on any atom is -0.394 e. The number of aromatic nitrogens is 1. The average Bonchev–Trinajstić information content (AvgIpc) is 2.69. The number of nitrogens with zero attached hydrogens (tertiary/aromatic N) is 1. The number of aliphatic hydroxyl groups is 1. The molecule has 1 heterocycles. The maximum Gasteiger partial charge on any atom is 0.124 e. The number of rotatable bonds is 8. The summed E-state index contributed by atoms with van der Waals surface area (Å²) in [5.74, 6) is 0. The lowest BCUT2D eigenvalue weighted by atomic mass is 10.4. The van der Waals surface area contributed by atoms with Crippen molar-refractivity contribution in [3.8, 4) is 0 Å². The Hall–Kier alpha value is -0.910. The molecule has 0 spiro atoms. The van der Waals surface area contributed by atoms with Crippen LogP contribution in [0.15, 0.2) is 16.9 Å². The Labute approximate surface area is 82.6 Å². The number of hydrogen-bond acceptors (Lipinski definition) is 5. The molecule has 1 aromatic heterocycles. The summed E-state index contributed by atoms with van der Waals surface area (Å²) >= 11 is 0. The molecule has 0 unspecified atom stereocenters. The second-order valence-electron chi connectivity index (χ2n) is 2.73. The molecule has 0 radical (unpaired) electrons. The summed E-state index contributed by atoms with van der Waals surface area (Å²) in [6.45, 7) is 2.16. The Morgan fingerprint density at radius 1 is 1.29 bits per heavy atom. The van der Waals surface area contributed by atoms with Crippen LogP contribution in [0.2, 0.25) is 0 Å². The Morgan fingerprint density at radius 2 is 2.14 bits per heavy atom. The molecule has 5 heteroatoms. The van der Waals surface area contributed by atoms with Crippen LogP contribution in [0.4, 0.5) is 0 Å². The van der Waals surface area contributed by atoms with Crippen LogP contribution < -0.4 is 0 Å². The van der Waals surface area contributed by atoms with Crippen molar-refractivity contribution in [3.63, 3.8) is 0 Å². The highest BCUT2D eigenvalue weighted by atomic mass is 16.5. The van der Waals surface area contributed by atoms with Gasteiger partial charge in [-0.2, -0.15) is 0 Å². The predicted molar refractivity (Wildman–Crippen MR) is 48.7 cm³/mol. The molecule has 0 amide bonds. The summed E-state index contributed by atoms with van der Waals surface area (Å²) in [5.41, 5.74) is 0.793. The van der Waals surface area contributed by atoms with Crippen molar-refractivity contribution in [2.75, 3.05) is 26.4 Å².